The number of amides is 1. The van der Waals surface area contributed by atoms with Gasteiger partial charge in [-0.3, -0.25) is 9.59 Å². The highest BCUT2D eigenvalue weighted by molar-refractivity contribution is 14.2. The van der Waals surface area contributed by atoms with Gasteiger partial charge in [0.05, 0.1) is 34.3 Å². The van der Waals surface area contributed by atoms with Crippen molar-refractivity contribution in [3.05, 3.63) is 93.6 Å². The molecule has 0 bridgehead atoms. The lowest BCUT2D eigenvalue weighted by Crippen LogP contribution is -2.34. The van der Waals surface area contributed by atoms with E-state index in [0.717, 1.165) is 12.0 Å². The highest BCUT2D eigenvalue weighted by atomic mass is 127. The first-order chi connectivity index (χ1) is 20.5. The molecule has 1 fully saturated rings. The van der Waals surface area contributed by atoms with E-state index in [1.165, 1.54) is 0 Å². The fourth-order valence-electron chi connectivity index (χ4n) is 5.48. The summed E-state index contributed by atoms with van der Waals surface area (Å²) in [5.41, 5.74) is 3.88. The molecular formula is C32H28Cl2F2IN3O3. The first kappa shape index (κ1) is 31.4. The van der Waals surface area contributed by atoms with Crippen molar-refractivity contribution in [2.75, 3.05) is 6.54 Å². The summed E-state index contributed by atoms with van der Waals surface area (Å²) in [5, 5.41) is 13.2. The van der Waals surface area contributed by atoms with E-state index in [1.54, 1.807) is 54.6 Å². The van der Waals surface area contributed by atoms with Crippen LogP contribution in [0.25, 0.3) is 22.3 Å². The van der Waals surface area contributed by atoms with Gasteiger partial charge in [0.2, 0.25) is 0 Å². The topological polar surface area (TPSA) is 92.2 Å². The maximum Gasteiger partial charge on any atom is 0.306 e. The number of aliphatic carboxylic acids is 1. The Balaban J connectivity index is 1.43. The SMILES string of the molecule is C=IC(F)(F)C(CNC(=O)c1ccc2nc(-c3ccc(Cl)cc3)c(CC3CCC(C(=O)O)C3)nc2c1)c1ccc(Cl)cc1. The Labute approximate surface area is 267 Å². The number of fused-ring (bicyclic) bond motifs is 1. The quantitative estimate of drug-likeness (QED) is 0.127. The van der Waals surface area contributed by atoms with Crippen molar-refractivity contribution < 1.29 is 23.5 Å². The van der Waals surface area contributed by atoms with Crippen LogP contribution in [0.4, 0.5) is 8.78 Å². The van der Waals surface area contributed by atoms with Gasteiger partial charge in [0.15, 0.2) is 0 Å². The number of nitrogens with one attached hydrogen (secondary N) is 1. The van der Waals surface area contributed by atoms with E-state index in [-0.39, 0.29) is 23.9 Å². The molecule has 0 spiro atoms. The highest BCUT2D eigenvalue weighted by Crippen LogP contribution is 2.42. The number of hydrogen-bond donors (Lipinski definition) is 2. The van der Waals surface area contributed by atoms with E-state index in [0.29, 0.717) is 57.3 Å². The van der Waals surface area contributed by atoms with Crippen molar-refractivity contribution in [1.29, 1.82) is 0 Å². The Bertz CT molecular complexity index is 1670. The van der Waals surface area contributed by atoms with Gasteiger partial charge < -0.3 is 10.4 Å². The minimum Gasteiger partial charge on any atom is -0.481 e. The van der Waals surface area contributed by atoms with Crippen molar-refractivity contribution in [2.24, 2.45) is 11.8 Å². The highest BCUT2D eigenvalue weighted by Gasteiger charge is 2.38. The number of rotatable bonds is 10. The maximum absolute atomic E-state index is 14.9. The number of carboxylic acids is 1. The average Bonchev–Trinajstić information content (AvgIpc) is 3.47. The van der Waals surface area contributed by atoms with Crippen molar-refractivity contribution in [2.45, 2.75) is 35.5 Å². The van der Waals surface area contributed by atoms with E-state index < -0.39 is 42.5 Å². The lowest BCUT2D eigenvalue weighted by atomic mass is 9.96. The Morgan fingerprint density at radius 3 is 2.30 bits per heavy atom. The van der Waals surface area contributed by atoms with Crippen molar-refractivity contribution in [3.8, 4) is 11.3 Å². The first-order valence-corrected chi connectivity index (χ1v) is 17.0. The third-order valence-corrected chi connectivity index (χ3v) is 10.1. The molecule has 5 rings (SSSR count). The van der Waals surface area contributed by atoms with Crippen LogP contribution in [-0.4, -0.2) is 41.9 Å². The largest absolute Gasteiger partial charge is 0.481 e. The van der Waals surface area contributed by atoms with Crippen LogP contribution in [0.3, 0.4) is 0 Å². The summed E-state index contributed by atoms with van der Waals surface area (Å²) >= 11 is 10.4. The Morgan fingerprint density at radius 2 is 1.67 bits per heavy atom. The number of carbonyl (C=O) groups is 2. The second-order valence-corrected chi connectivity index (χ2v) is 13.7. The average molecular weight is 738 g/mol. The van der Waals surface area contributed by atoms with Gasteiger partial charge in [-0.1, -0.05) is 72.7 Å². The van der Waals surface area contributed by atoms with E-state index in [9.17, 15) is 23.5 Å². The van der Waals surface area contributed by atoms with Crippen LogP contribution >= 0.6 is 43.9 Å². The third kappa shape index (κ3) is 7.38. The summed E-state index contributed by atoms with van der Waals surface area (Å²) in [6.45, 7) is -0.278. The first-order valence-electron chi connectivity index (χ1n) is 13.6. The summed E-state index contributed by atoms with van der Waals surface area (Å²) in [7, 11) is 0. The molecule has 3 unspecified atom stereocenters. The molecule has 6 nitrogen and oxygen atoms in total. The van der Waals surface area contributed by atoms with Gasteiger partial charge in [-0.25, -0.2) is 9.97 Å². The van der Waals surface area contributed by atoms with Crippen molar-refractivity contribution >= 4 is 71.4 Å². The predicted molar refractivity (Wildman–Crippen MR) is 175 cm³/mol. The second kappa shape index (κ2) is 13.3. The number of aromatic nitrogens is 2. The van der Waals surface area contributed by atoms with Gasteiger partial charge in [0.25, 0.3) is 9.84 Å². The molecule has 1 saturated carbocycles. The molecule has 1 aliphatic rings. The van der Waals surface area contributed by atoms with E-state index in [1.807, 2.05) is 12.1 Å². The zero-order valence-corrected chi connectivity index (χ0v) is 26.5. The molecule has 0 radical (unpaired) electrons. The van der Waals surface area contributed by atoms with E-state index in [2.05, 4.69) is 9.83 Å². The normalized spacial score (nSPS) is 17.6. The Kier molecular flexibility index (Phi) is 9.73. The van der Waals surface area contributed by atoms with Crippen LogP contribution in [0, 0.1) is 11.8 Å². The van der Waals surface area contributed by atoms with Gasteiger partial charge in [-0.05, 0) is 79.6 Å². The van der Waals surface area contributed by atoms with Gasteiger partial charge >= 0.3 is 5.97 Å². The van der Waals surface area contributed by atoms with Crippen LogP contribution < -0.4 is 5.32 Å². The zero-order chi connectivity index (χ0) is 30.7. The number of halogens is 5. The number of alkyl halides is 3. The monoisotopic (exact) mass is 737 g/mol. The predicted octanol–water partition coefficient (Wildman–Crippen LogP) is 8.16. The van der Waals surface area contributed by atoms with E-state index in [4.69, 9.17) is 33.2 Å². The lowest BCUT2D eigenvalue weighted by Gasteiger charge is -2.24. The molecule has 1 amide bonds. The fourth-order valence-corrected chi connectivity index (χ4v) is 6.84. The number of hydrogen-bond acceptors (Lipinski definition) is 4. The van der Waals surface area contributed by atoms with Crippen LogP contribution in [0.1, 0.15) is 46.8 Å². The Hall–Kier alpha value is -3.02. The number of nitrogens with zero attached hydrogens (tertiary/aromatic N) is 2. The molecule has 3 atom stereocenters. The summed E-state index contributed by atoms with van der Waals surface area (Å²) < 4.78 is 30.2. The van der Waals surface area contributed by atoms with Crippen molar-refractivity contribution in [1.82, 2.24) is 15.3 Å². The fraction of sp³-hybridized carbons (Fsp3) is 0.281. The number of carbonyl (C=O) groups excluding carboxylic acids is 1. The molecule has 1 heterocycles. The molecule has 224 valence electrons. The van der Waals surface area contributed by atoms with Crippen LogP contribution in [-0.2, 0) is 11.2 Å². The van der Waals surface area contributed by atoms with Gasteiger partial charge in [-0.15, -0.1) is 0 Å². The molecule has 1 aromatic heterocycles. The van der Waals surface area contributed by atoms with Gasteiger partial charge in [-0.2, -0.15) is 8.78 Å². The van der Waals surface area contributed by atoms with Crippen LogP contribution in [0.15, 0.2) is 66.7 Å². The van der Waals surface area contributed by atoms with E-state index >= 15 is 0 Å². The standard InChI is InChI=1S/C32H28Cl2F2IN3O3/c1-37-32(35,36)25(19-4-9-23(33)10-5-19)17-38-30(41)21-8-13-26-27(16-21)39-28(15-18-2-3-22(14-18)31(42)43)29(40-26)20-6-11-24(34)12-7-20/h4-13,16,18,22,25H,1-3,14-15,17H2,(H,38,41)(H,42,43). The smallest absolute Gasteiger partial charge is 0.306 e. The molecule has 4 aromatic rings. The molecule has 3 aromatic carbocycles. The molecule has 11 heteroatoms. The van der Waals surface area contributed by atoms with Gasteiger partial charge in [0.1, 0.15) is 0 Å². The minimum atomic E-state index is -3.04. The lowest BCUT2D eigenvalue weighted by molar-refractivity contribution is -0.141. The minimum absolute atomic E-state index is 0.132. The van der Waals surface area contributed by atoms with Crippen LogP contribution in [0.5, 0.6) is 0 Å². The molecule has 2 N–H and O–H groups in total. The molecule has 43 heavy (non-hydrogen) atoms. The Morgan fingerprint density at radius 1 is 1.00 bits per heavy atom. The van der Waals surface area contributed by atoms with Gasteiger partial charge in [0, 0.05) is 27.7 Å². The second-order valence-electron chi connectivity index (χ2n) is 10.6. The summed E-state index contributed by atoms with van der Waals surface area (Å²) in [5.74, 6) is -2.78. The number of benzene rings is 3. The number of carboxylic acid groups (broad SMARTS) is 1. The van der Waals surface area contributed by atoms with Crippen molar-refractivity contribution in [3.63, 3.8) is 0 Å². The molecule has 1 aliphatic carbocycles. The summed E-state index contributed by atoms with van der Waals surface area (Å²) in [6, 6.07) is 18.3. The van der Waals surface area contributed by atoms with Crippen LogP contribution in [0.2, 0.25) is 10.0 Å². The summed E-state index contributed by atoms with van der Waals surface area (Å²) in [4.78, 5) is 34.5. The summed E-state index contributed by atoms with van der Waals surface area (Å²) in [6.07, 6.45) is 2.49. The molecular weight excluding hydrogens is 710 g/mol. The third-order valence-electron chi connectivity index (χ3n) is 7.80. The maximum atomic E-state index is 14.9. The molecule has 0 aliphatic heterocycles. The zero-order valence-electron chi connectivity index (χ0n) is 22.9. The molecule has 0 saturated heterocycles.